The Morgan fingerprint density at radius 3 is 2.84 bits per heavy atom. The van der Waals surface area contributed by atoms with Gasteiger partial charge in [0, 0.05) is 13.1 Å². The molecule has 0 fully saturated rings. The fourth-order valence-electron chi connectivity index (χ4n) is 3.25. The SMILES string of the molecule is C=CCn1c(=O)c2ccccc2n2c(SCC(=O)NCc3ccc(C)c(F)c3)nnc12. The maximum absolute atomic E-state index is 13.7. The molecule has 2 heterocycles. The molecule has 158 valence electrons. The number of carbonyl (C=O) groups excluding carboxylic acids is 1. The minimum absolute atomic E-state index is 0.101. The topological polar surface area (TPSA) is 81.3 Å². The molecule has 4 rings (SSSR count). The highest BCUT2D eigenvalue weighted by atomic mass is 32.2. The minimum Gasteiger partial charge on any atom is -0.351 e. The van der Waals surface area contributed by atoms with E-state index in [9.17, 15) is 14.0 Å². The van der Waals surface area contributed by atoms with E-state index >= 15 is 0 Å². The molecule has 2 aromatic heterocycles. The zero-order valence-corrected chi connectivity index (χ0v) is 17.7. The highest BCUT2D eigenvalue weighted by Crippen LogP contribution is 2.21. The Kier molecular flexibility index (Phi) is 5.85. The molecular formula is C22H20FN5O2S. The number of hydrogen-bond donors (Lipinski definition) is 1. The van der Waals surface area contributed by atoms with Gasteiger partial charge in [-0.3, -0.25) is 18.6 Å². The van der Waals surface area contributed by atoms with Gasteiger partial charge in [-0.1, -0.05) is 42.1 Å². The lowest BCUT2D eigenvalue weighted by Gasteiger charge is -2.10. The number of hydrogen-bond acceptors (Lipinski definition) is 5. The third-order valence-electron chi connectivity index (χ3n) is 4.85. The van der Waals surface area contributed by atoms with Crippen LogP contribution in [0.25, 0.3) is 16.7 Å². The van der Waals surface area contributed by atoms with Crippen LogP contribution in [0.15, 0.2) is 65.1 Å². The molecule has 9 heteroatoms. The van der Waals surface area contributed by atoms with Gasteiger partial charge < -0.3 is 5.32 Å². The lowest BCUT2D eigenvalue weighted by molar-refractivity contribution is -0.118. The van der Waals surface area contributed by atoms with Crippen LogP contribution in [-0.2, 0) is 17.9 Å². The minimum atomic E-state index is -0.298. The summed E-state index contributed by atoms with van der Waals surface area (Å²) in [4.78, 5) is 25.1. The number of allylic oxidation sites excluding steroid dienone is 1. The van der Waals surface area contributed by atoms with Crippen LogP contribution in [0.5, 0.6) is 0 Å². The Hall–Kier alpha value is -3.46. The Morgan fingerprint density at radius 1 is 1.26 bits per heavy atom. The second-order valence-corrected chi connectivity index (χ2v) is 7.93. The summed E-state index contributed by atoms with van der Waals surface area (Å²) in [6.45, 7) is 5.93. The van der Waals surface area contributed by atoms with Crippen LogP contribution < -0.4 is 10.9 Å². The number of carbonyl (C=O) groups is 1. The second kappa shape index (κ2) is 8.73. The van der Waals surface area contributed by atoms with E-state index < -0.39 is 0 Å². The number of nitrogens with one attached hydrogen (secondary N) is 1. The highest BCUT2D eigenvalue weighted by molar-refractivity contribution is 7.99. The van der Waals surface area contributed by atoms with Crippen molar-refractivity contribution in [3.8, 4) is 0 Å². The van der Waals surface area contributed by atoms with E-state index in [1.54, 1.807) is 41.7 Å². The lowest BCUT2D eigenvalue weighted by atomic mass is 10.1. The van der Waals surface area contributed by atoms with Crippen molar-refractivity contribution in [3.05, 3.63) is 82.4 Å². The molecule has 1 amide bonds. The fraction of sp³-hybridized carbons (Fsp3) is 0.182. The number of benzene rings is 2. The van der Waals surface area contributed by atoms with Gasteiger partial charge in [-0.05, 0) is 36.2 Å². The van der Waals surface area contributed by atoms with Crippen LogP contribution in [0, 0.1) is 12.7 Å². The standard InChI is InChI=1S/C22H20FN5O2S/c1-3-10-27-20(30)16-6-4-5-7-18(16)28-21(27)25-26-22(28)31-13-19(29)24-12-15-9-8-14(2)17(23)11-15/h3-9,11H,1,10,12-13H2,2H3,(H,24,29). The van der Waals surface area contributed by atoms with Gasteiger partial charge >= 0.3 is 0 Å². The molecule has 0 aliphatic carbocycles. The predicted octanol–water partition coefficient (Wildman–Crippen LogP) is 3.09. The van der Waals surface area contributed by atoms with E-state index in [2.05, 4.69) is 22.1 Å². The van der Waals surface area contributed by atoms with E-state index in [0.29, 0.717) is 39.5 Å². The van der Waals surface area contributed by atoms with Crippen molar-refractivity contribution in [2.24, 2.45) is 0 Å². The van der Waals surface area contributed by atoms with Crippen LogP contribution in [-0.4, -0.2) is 30.8 Å². The van der Waals surface area contributed by atoms with Gasteiger partial charge in [-0.2, -0.15) is 0 Å². The highest BCUT2D eigenvalue weighted by Gasteiger charge is 2.17. The molecule has 7 nitrogen and oxygen atoms in total. The van der Waals surface area contributed by atoms with E-state index in [1.807, 2.05) is 12.1 Å². The Balaban J connectivity index is 1.56. The maximum Gasteiger partial charge on any atom is 0.263 e. The molecule has 0 saturated heterocycles. The molecule has 0 radical (unpaired) electrons. The van der Waals surface area contributed by atoms with Crippen LogP contribution in [0.3, 0.4) is 0 Å². The summed E-state index contributed by atoms with van der Waals surface area (Å²) in [5.74, 6) is -0.0223. The quantitative estimate of drug-likeness (QED) is 0.355. The molecule has 0 aliphatic rings. The molecule has 1 N–H and O–H groups in total. The first kappa shape index (κ1) is 20.8. The van der Waals surface area contributed by atoms with Crippen molar-refractivity contribution in [1.29, 1.82) is 0 Å². The summed E-state index contributed by atoms with van der Waals surface area (Å²) in [5, 5.41) is 12.2. The number of thioether (sulfide) groups is 1. The molecule has 31 heavy (non-hydrogen) atoms. The zero-order valence-electron chi connectivity index (χ0n) is 16.8. The monoisotopic (exact) mass is 437 g/mol. The third-order valence-corrected chi connectivity index (χ3v) is 5.78. The summed E-state index contributed by atoms with van der Waals surface area (Å²) in [6.07, 6.45) is 1.62. The van der Waals surface area contributed by atoms with Crippen molar-refractivity contribution in [3.63, 3.8) is 0 Å². The van der Waals surface area contributed by atoms with E-state index in [-0.39, 0.29) is 29.6 Å². The normalized spacial score (nSPS) is 11.2. The number of amides is 1. The first-order valence-corrected chi connectivity index (χ1v) is 10.6. The molecule has 0 saturated carbocycles. The number of nitrogens with zero attached hydrogens (tertiary/aromatic N) is 4. The molecule has 0 bridgehead atoms. The average Bonchev–Trinajstić information content (AvgIpc) is 3.20. The van der Waals surface area contributed by atoms with Crippen LogP contribution in [0.1, 0.15) is 11.1 Å². The van der Waals surface area contributed by atoms with Gasteiger partial charge in [-0.25, -0.2) is 4.39 Å². The first-order chi connectivity index (χ1) is 15.0. The summed E-state index contributed by atoms with van der Waals surface area (Å²) < 4.78 is 16.9. The molecular weight excluding hydrogens is 417 g/mol. The summed E-state index contributed by atoms with van der Waals surface area (Å²) >= 11 is 1.21. The van der Waals surface area contributed by atoms with Crippen molar-refractivity contribution < 1.29 is 9.18 Å². The molecule has 2 aromatic carbocycles. The van der Waals surface area contributed by atoms with Crippen molar-refractivity contribution in [1.82, 2.24) is 24.5 Å². The van der Waals surface area contributed by atoms with Crippen LogP contribution in [0.2, 0.25) is 0 Å². The van der Waals surface area contributed by atoms with Gasteiger partial charge in [0.05, 0.1) is 16.7 Å². The second-order valence-electron chi connectivity index (χ2n) is 6.99. The van der Waals surface area contributed by atoms with E-state index in [4.69, 9.17) is 0 Å². The van der Waals surface area contributed by atoms with Gasteiger partial charge in [0.25, 0.3) is 5.56 Å². The van der Waals surface area contributed by atoms with Crippen molar-refractivity contribution >= 4 is 34.3 Å². The Bertz CT molecular complexity index is 1360. The largest absolute Gasteiger partial charge is 0.351 e. The molecule has 0 aliphatic heterocycles. The maximum atomic E-state index is 13.7. The summed E-state index contributed by atoms with van der Waals surface area (Å²) in [5.41, 5.74) is 1.75. The van der Waals surface area contributed by atoms with Crippen LogP contribution >= 0.6 is 11.8 Å². The molecule has 4 aromatic rings. The zero-order chi connectivity index (χ0) is 22.0. The smallest absolute Gasteiger partial charge is 0.263 e. The van der Waals surface area contributed by atoms with Gasteiger partial charge in [0.1, 0.15) is 5.82 Å². The Morgan fingerprint density at radius 2 is 2.06 bits per heavy atom. The lowest BCUT2D eigenvalue weighted by Crippen LogP contribution is -2.25. The average molecular weight is 438 g/mol. The molecule has 0 unspecified atom stereocenters. The number of rotatable bonds is 7. The summed E-state index contributed by atoms with van der Waals surface area (Å²) in [6, 6.07) is 12.1. The van der Waals surface area contributed by atoms with Crippen molar-refractivity contribution in [2.75, 3.05) is 5.75 Å². The van der Waals surface area contributed by atoms with Crippen molar-refractivity contribution in [2.45, 2.75) is 25.2 Å². The number of halogens is 1. The van der Waals surface area contributed by atoms with E-state index in [0.717, 1.165) is 0 Å². The number of para-hydroxylation sites is 1. The predicted molar refractivity (Wildman–Crippen MR) is 119 cm³/mol. The fourth-order valence-corrected chi connectivity index (χ4v) is 4.02. The molecule has 0 atom stereocenters. The van der Waals surface area contributed by atoms with Gasteiger partial charge in [0.2, 0.25) is 11.7 Å². The Labute approximate surface area is 181 Å². The number of fused-ring (bicyclic) bond motifs is 3. The van der Waals surface area contributed by atoms with Gasteiger partial charge in [-0.15, -0.1) is 16.8 Å². The number of aryl methyl sites for hydroxylation is 1. The molecule has 0 spiro atoms. The van der Waals surface area contributed by atoms with Crippen LogP contribution in [0.4, 0.5) is 4.39 Å². The van der Waals surface area contributed by atoms with E-state index in [1.165, 1.54) is 22.4 Å². The van der Waals surface area contributed by atoms with Gasteiger partial charge in [0.15, 0.2) is 5.16 Å². The number of aromatic nitrogens is 4. The first-order valence-electron chi connectivity index (χ1n) is 9.61. The summed E-state index contributed by atoms with van der Waals surface area (Å²) in [7, 11) is 0. The third kappa shape index (κ3) is 4.09.